The number of aromatic nitrogens is 2. The lowest BCUT2D eigenvalue weighted by molar-refractivity contribution is -0.154. The van der Waals surface area contributed by atoms with Gasteiger partial charge in [0.05, 0.1) is 11.8 Å². The third-order valence-electron chi connectivity index (χ3n) is 4.52. The van der Waals surface area contributed by atoms with Gasteiger partial charge in [0.25, 0.3) is 0 Å². The summed E-state index contributed by atoms with van der Waals surface area (Å²) in [5.41, 5.74) is 0.835. The van der Waals surface area contributed by atoms with E-state index < -0.39 is 17.5 Å². The molecule has 0 radical (unpaired) electrons. The molecule has 24 heavy (non-hydrogen) atoms. The monoisotopic (exact) mass is 324 g/mol. The average Bonchev–Trinajstić information content (AvgIpc) is 3.03. The van der Waals surface area contributed by atoms with E-state index in [9.17, 15) is 9.90 Å². The lowest BCUT2D eigenvalue weighted by Gasteiger charge is -2.31. The van der Waals surface area contributed by atoms with Crippen molar-refractivity contribution in [2.24, 2.45) is 0 Å². The summed E-state index contributed by atoms with van der Waals surface area (Å²) in [7, 11) is 0. The molecule has 1 heterocycles. The fourth-order valence-corrected chi connectivity index (χ4v) is 3.25. The van der Waals surface area contributed by atoms with Crippen LogP contribution in [0.3, 0.4) is 0 Å². The van der Waals surface area contributed by atoms with E-state index in [1.807, 2.05) is 31.2 Å². The molecule has 0 aliphatic heterocycles. The summed E-state index contributed by atoms with van der Waals surface area (Å²) in [5.74, 6) is -0.775. The Morgan fingerprint density at radius 1 is 1.33 bits per heavy atom. The van der Waals surface area contributed by atoms with Gasteiger partial charge in [0.1, 0.15) is 5.92 Å². The first-order chi connectivity index (χ1) is 11.6. The maximum Gasteiger partial charge on any atom is 0.316 e. The highest BCUT2D eigenvalue weighted by Crippen LogP contribution is 2.42. The van der Waals surface area contributed by atoms with Crippen LogP contribution >= 0.6 is 0 Å². The summed E-state index contributed by atoms with van der Waals surface area (Å²) in [6.45, 7) is 1.95. The minimum Gasteiger partial charge on any atom is -0.457 e. The van der Waals surface area contributed by atoms with Gasteiger partial charge in [-0.25, -0.2) is 4.98 Å². The lowest BCUT2D eigenvalue weighted by atomic mass is 9.80. The summed E-state index contributed by atoms with van der Waals surface area (Å²) in [5, 5.41) is 11.0. The molecule has 2 aromatic rings. The van der Waals surface area contributed by atoms with Gasteiger partial charge < -0.3 is 9.84 Å². The van der Waals surface area contributed by atoms with E-state index in [1.54, 1.807) is 0 Å². The van der Waals surface area contributed by atoms with Crippen LogP contribution in [0.1, 0.15) is 48.6 Å². The Morgan fingerprint density at radius 2 is 2.04 bits per heavy atom. The van der Waals surface area contributed by atoms with Crippen LogP contribution in [-0.2, 0) is 16.1 Å². The first-order valence-electron chi connectivity index (χ1n) is 8.14. The van der Waals surface area contributed by atoms with E-state index in [0.717, 1.165) is 24.0 Å². The van der Waals surface area contributed by atoms with Crippen molar-refractivity contribution in [2.45, 2.75) is 50.7 Å². The van der Waals surface area contributed by atoms with E-state index in [1.165, 1.54) is 6.20 Å². The molecule has 0 spiro atoms. The van der Waals surface area contributed by atoms with Crippen molar-refractivity contribution < 1.29 is 14.6 Å². The van der Waals surface area contributed by atoms with E-state index >= 15 is 0 Å². The molecule has 3 rings (SSSR count). The van der Waals surface area contributed by atoms with Crippen LogP contribution in [-0.4, -0.2) is 26.6 Å². The van der Waals surface area contributed by atoms with Crippen LogP contribution in [0.2, 0.25) is 0 Å². The SMILES string of the molecule is Cc1ccc(C(C(=O)OCc2nc#ccn2)C2(O)CCCC2)cc1. The quantitative estimate of drug-likeness (QED) is 0.856. The van der Waals surface area contributed by atoms with Gasteiger partial charge in [0.15, 0.2) is 12.4 Å². The Hall–Kier alpha value is -2.45. The Balaban J connectivity index is 1.81. The summed E-state index contributed by atoms with van der Waals surface area (Å²) in [4.78, 5) is 20.6. The van der Waals surface area contributed by atoms with Crippen LogP contribution in [0.15, 0.2) is 30.5 Å². The topological polar surface area (TPSA) is 72.3 Å². The smallest absolute Gasteiger partial charge is 0.316 e. The molecule has 5 nitrogen and oxygen atoms in total. The van der Waals surface area contributed by atoms with Gasteiger partial charge >= 0.3 is 5.97 Å². The fourth-order valence-electron chi connectivity index (χ4n) is 3.25. The van der Waals surface area contributed by atoms with E-state index in [-0.39, 0.29) is 6.61 Å². The maximum atomic E-state index is 12.7. The summed E-state index contributed by atoms with van der Waals surface area (Å²) in [6, 6.07) is 10.3. The highest BCUT2D eigenvalue weighted by molar-refractivity contribution is 5.80. The van der Waals surface area contributed by atoms with Gasteiger partial charge in [-0.2, -0.15) is 4.98 Å². The number of hydrogen-bond acceptors (Lipinski definition) is 5. The molecule has 1 aliphatic carbocycles. The molecule has 1 fully saturated rings. The number of rotatable bonds is 5. The molecule has 124 valence electrons. The van der Waals surface area contributed by atoms with E-state index in [0.29, 0.717) is 18.7 Å². The summed E-state index contributed by atoms with van der Waals surface area (Å²) < 4.78 is 5.39. The Kier molecular flexibility index (Phi) is 4.77. The zero-order chi connectivity index (χ0) is 17.0. The molecule has 1 aromatic heterocycles. The second-order valence-electron chi connectivity index (χ2n) is 6.30. The second kappa shape index (κ2) is 6.98. The molecule has 0 amide bonds. The van der Waals surface area contributed by atoms with Gasteiger partial charge in [0.2, 0.25) is 0 Å². The van der Waals surface area contributed by atoms with Crippen molar-refractivity contribution in [3.63, 3.8) is 0 Å². The number of hydrogen-bond donors (Lipinski definition) is 1. The molecule has 0 saturated heterocycles. The fraction of sp³-hybridized carbons (Fsp3) is 0.421. The molecule has 5 heteroatoms. The van der Waals surface area contributed by atoms with Gasteiger partial charge in [-0.1, -0.05) is 42.7 Å². The second-order valence-corrected chi connectivity index (χ2v) is 6.30. The Labute approximate surface area is 141 Å². The molecule has 1 unspecified atom stereocenters. The number of carbonyl (C=O) groups is 1. The molecule has 1 aliphatic rings. The summed E-state index contributed by atoms with van der Waals surface area (Å²) in [6.07, 6.45) is 7.00. The Bertz CT molecular complexity index is 680. The Morgan fingerprint density at radius 3 is 2.67 bits per heavy atom. The average molecular weight is 324 g/mol. The number of aryl methyl sites for hydroxylation is 1. The predicted octanol–water partition coefficient (Wildman–Crippen LogP) is 2.52. The normalized spacial score (nSPS) is 17.1. The zero-order valence-electron chi connectivity index (χ0n) is 13.7. The number of aliphatic hydroxyl groups is 1. The highest BCUT2D eigenvalue weighted by atomic mass is 16.5. The molecule has 1 atom stereocenters. The predicted molar refractivity (Wildman–Crippen MR) is 86.8 cm³/mol. The van der Waals surface area contributed by atoms with Crippen molar-refractivity contribution in [3.05, 3.63) is 59.7 Å². The van der Waals surface area contributed by atoms with Crippen LogP contribution in [0.5, 0.6) is 0 Å². The maximum absolute atomic E-state index is 12.7. The minimum absolute atomic E-state index is 0.0392. The van der Waals surface area contributed by atoms with Gasteiger partial charge in [-0.05, 0) is 31.4 Å². The third-order valence-corrected chi connectivity index (χ3v) is 4.52. The molecule has 1 N–H and O–H groups in total. The molecular formula is C19H20N2O3. The first kappa shape index (κ1) is 16.4. The van der Waals surface area contributed by atoms with Crippen molar-refractivity contribution >= 4 is 5.97 Å². The molecule has 1 saturated carbocycles. The van der Waals surface area contributed by atoms with Crippen molar-refractivity contribution in [2.75, 3.05) is 0 Å². The number of benzene rings is 1. The van der Waals surface area contributed by atoms with Gasteiger partial charge in [-0.3, -0.25) is 4.79 Å². The van der Waals surface area contributed by atoms with Crippen LogP contribution in [0, 0.1) is 19.2 Å². The minimum atomic E-state index is -1.05. The third kappa shape index (κ3) is 3.55. The molecule has 1 aromatic carbocycles. The standard InChI is InChI=1S/C19H20N2O3/c1-14-5-7-15(8-6-14)17(19(23)9-2-3-10-19)18(22)24-13-16-20-11-4-12-21-16/h5-8,11,17,23H,2-3,9-10,13H2,1H3. The number of esters is 1. The number of carbonyl (C=O) groups excluding carboxylic acids is 1. The lowest BCUT2D eigenvalue weighted by Crippen LogP contribution is -2.39. The van der Waals surface area contributed by atoms with Gasteiger partial charge in [-0.15, -0.1) is 0 Å². The van der Waals surface area contributed by atoms with Crippen LogP contribution in [0.25, 0.3) is 0 Å². The van der Waals surface area contributed by atoms with Gasteiger partial charge in [0, 0.05) is 6.20 Å². The highest BCUT2D eigenvalue weighted by Gasteiger charge is 2.45. The van der Waals surface area contributed by atoms with Crippen LogP contribution < -0.4 is 0 Å². The molecule has 0 bridgehead atoms. The van der Waals surface area contributed by atoms with Crippen LogP contribution in [0.4, 0.5) is 0 Å². The first-order valence-corrected chi connectivity index (χ1v) is 8.14. The van der Waals surface area contributed by atoms with Crippen molar-refractivity contribution in [3.8, 4) is 0 Å². The molecular weight excluding hydrogens is 304 g/mol. The zero-order valence-corrected chi connectivity index (χ0v) is 13.7. The number of ether oxygens (including phenoxy) is 1. The van der Waals surface area contributed by atoms with E-state index in [2.05, 4.69) is 22.2 Å². The van der Waals surface area contributed by atoms with Crippen molar-refractivity contribution in [1.29, 1.82) is 0 Å². The van der Waals surface area contributed by atoms with Crippen molar-refractivity contribution in [1.82, 2.24) is 9.97 Å². The van der Waals surface area contributed by atoms with E-state index in [4.69, 9.17) is 4.74 Å². The summed E-state index contributed by atoms with van der Waals surface area (Å²) >= 11 is 0. The number of nitrogens with zero attached hydrogens (tertiary/aromatic N) is 2. The largest absolute Gasteiger partial charge is 0.457 e.